The maximum Gasteiger partial charge on any atom is 0.257 e. The number of rotatable bonds is 4. The van der Waals surface area contributed by atoms with Crippen LogP contribution in [-0.4, -0.2) is 10.7 Å². The van der Waals surface area contributed by atoms with Crippen LogP contribution in [-0.2, 0) is 11.2 Å². The van der Waals surface area contributed by atoms with Crippen molar-refractivity contribution >= 4 is 34.8 Å². The van der Waals surface area contributed by atoms with Crippen LogP contribution in [0.15, 0.2) is 48.5 Å². The Hall–Kier alpha value is -1.51. The predicted octanol–water partition coefficient (Wildman–Crippen LogP) is 4.66. The van der Waals surface area contributed by atoms with Crippen LogP contribution in [0.2, 0.25) is 0 Å². The molecule has 0 spiro atoms. The number of carbonyl (C=O) groups is 1. The second-order valence-electron chi connectivity index (χ2n) is 4.42. The molecule has 2 aromatic carbocycles. The van der Waals surface area contributed by atoms with E-state index in [9.17, 15) is 4.79 Å². The minimum Gasteiger partial charge on any atom is -0.324 e. The summed E-state index contributed by atoms with van der Waals surface area (Å²) in [5.74, 6) is -0.424. The van der Waals surface area contributed by atoms with Crippen LogP contribution in [0.25, 0.3) is 11.1 Å². The number of hydrogen-bond acceptors (Lipinski definition) is 1. The smallest absolute Gasteiger partial charge is 0.257 e. The number of nitrogens with one attached hydrogen (secondary N) is 1. The second kappa shape index (κ2) is 6.78. The lowest BCUT2D eigenvalue weighted by molar-refractivity contribution is -0.114. The molecule has 0 bridgehead atoms. The van der Waals surface area contributed by atoms with E-state index in [1.165, 1.54) is 5.56 Å². The average Bonchev–Trinajstić information content (AvgIpc) is 2.47. The molecule has 2 nitrogen and oxygen atoms in total. The molecule has 0 atom stereocenters. The van der Waals surface area contributed by atoms with Gasteiger partial charge in [-0.05, 0) is 35.2 Å². The van der Waals surface area contributed by atoms with Crippen molar-refractivity contribution in [3.05, 3.63) is 54.1 Å². The molecule has 0 aliphatic heterocycles. The Morgan fingerprint density at radius 2 is 1.80 bits per heavy atom. The summed E-state index contributed by atoms with van der Waals surface area (Å²) in [4.78, 5) is 10.4. The average molecular weight is 308 g/mol. The molecule has 0 aliphatic carbocycles. The van der Waals surface area contributed by atoms with Gasteiger partial charge in [0.1, 0.15) is 0 Å². The van der Waals surface area contributed by atoms with Gasteiger partial charge in [-0.25, -0.2) is 0 Å². The van der Waals surface area contributed by atoms with Crippen LogP contribution in [0.3, 0.4) is 0 Å². The van der Waals surface area contributed by atoms with E-state index in [1.807, 2.05) is 18.2 Å². The molecule has 0 fully saturated rings. The summed E-state index contributed by atoms with van der Waals surface area (Å²) >= 11 is 11.0. The maximum absolute atomic E-state index is 11.5. The highest BCUT2D eigenvalue weighted by atomic mass is 35.5. The molecule has 1 N–H and O–H groups in total. The molecular formula is C16H15Cl2NO. The Kier molecular flexibility index (Phi) is 5.05. The van der Waals surface area contributed by atoms with Gasteiger partial charge in [0.2, 0.25) is 0 Å². The molecule has 0 radical (unpaired) electrons. The molecule has 0 heterocycles. The van der Waals surface area contributed by atoms with E-state index >= 15 is 0 Å². The highest BCUT2D eigenvalue weighted by molar-refractivity contribution is 6.54. The quantitative estimate of drug-likeness (QED) is 0.818. The van der Waals surface area contributed by atoms with Gasteiger partial charge in [0.15, 0.2) is 4.84 Å². The lowest BCUT2D eigenvalue weighted by atomic mass is 10.0. The van der Waals surface area contributed by atoms with Gasteiger partial charge >= 0.3 is 0 Å². The lowest BCUT2D eigenvalue weighted by Gasteiger charge is -2.08. The summed E-state index contributed by atoms with van der Waals surface area (Å²) in [6.45, 7) is 2.12. The van der Waals surface area contributed by atoms with Crippen LogP contribution in [0, 0.1) is 0 Å². The van der Waals surface area contributed by atoms with Crippen molar-refractivity contribution in [1.29, 1.82) is 0 Å². The Bertz CT molecular complexity index is 594. The van der Waals surface area contributed by atoms with Crippen LogP contribution < -0.4 is 5.32 Å². The van der Waals surface area contributed by atoms with Crippen molar-refractivity contribution < 1.29 is 4.79 Å². The molecule has 0 aromatic heterocycles. The van der Waals surface area contributed by atoms with E-state index in [2.05, 4.69) is 36.5 Å². The molecular weight excluding hydrogens is 293 g/mol. The van der Waals surface area contributed by atoms with Gasteiger partial charge in [0.05, 0.1) is 0 Å². The van der Waals surface area contributed by atoms with Crippen molar-refractivity contribution in [2.24, 2.45) is 0 Å². The minimum atomic E-state index is -1.07. The first-order valence-electron chi connectivity index (χ1n) is 6.38. The minimum absolute atomic E-state index is 0.424. The molecule has 2 aromatic rings. The zero-order chi connectivity index (χ0) is 14.5. The van der Waals surface area contributed by atoms with Crippen LogP contribution in [0.1, 0.15) is 12.5 Å². The Labute approximate surface area is 128 Å². The van der Waals surface area contributed by atoms with Gasteiger partial charge in [-0.3, -0.25) is 4.79 Å². The zero-order valence-corrected chi connectivity index (χ0v) is 12.6. The van der Waals surface area contributed by atoms with E-state index in [4.69, 9.17) is 23.2 Å². The Balaban J connectivity index is 2.22. The SMILES string of the molecule is CCc1ccc(-c2cccc(NC(=O)C(Cl)Cl)c2)cc1. The third-order valence-corrected chi connectivity index (χ3v) is 3.42. The number of hydrogen-bond donors (Lipinski definition) is 1. The molecule has 0 saturated carbocycles. The highest BCUT2D eigenvalue weighted by Crippen LogP contribution is 2.23. The van der Waals surface area contributed by atoms with Crippen molar-refractivity contribution in [2.45, 2.75) is 18.2 Å². The summed E-state index contributed by atoms with van der Waals surface area (Å²) in [7, 11) is 0. The monoisotopic (exact) mass is 307 g/mol. The Morgan fingerprint density at radius 1 is 1.10 bits per heavy atom. The van der Waals surface area contributed by atoms with Crippen molar-refractivity contribution in [2.75, 3.05) is 5.32 Å². The van der Waals surface area contributed by atoms with Crippen molar-refractivity contribution in [3.63, 3.8) is 0 Å². The molecule has 20 heavy (non-hydrogen) atoms. The number of alkyl halides is 2. The summed E-state index contributed by atoms with van der Waals surface area (Å²) < 4.78 is 0. The van der Waals surface area contributed by atoms with Gasteiger partial charge in [-0.15, -0.1) is 0 Å². The fourth-order valence-corrected chi connectivity index (χ4v) is 2.02. The van der Waals surface area contributed by atoms with Crippen LogP contribution in [0.4, 0.5) is 5.69 Å². The number of aryl methyl sites for hydroxylation is 1. The standard InChI is InChI=1S/C16H15Cl2NO/c1-2-11-6-8-12(9-7-11)13-4-3-5-14(10-13)19-16(20)15(17)18/h3-10,15H,2H2,1H3,(H,19,20). The van der Waals surface area contributed by atoms with Gasteiger partial charge in [0.25, 0.3) is 5.91 Å². The number of carbonyl (C=O) groups excluding carboxylic acids is 1. The number of anilines is 1. The Morgan fingerprint density at radius 3 is 2.40 bits per heavy atom. The first-order valence-corrected chi connectivity index (χ1v) is 7.26. The van der Waals surface area contributed by atoms with Crippen LogP contribution in [0.5, 0.6) is 0 Å². The van der Waals surface area contributed by atoms with Gasteiger partial charge in [-0.2, -0.15) is 0 Å². The normalized spacial score (nSPS) is 10.6. The first kappa shape index (κ1) is 14.9. The summed E-state index contributed by atoms with van der Waals surface area (Å²) in [6.07, 6.45) is 1.02. The lowest BCUT2D eigenvalue weighted by Crippen LogP contribution is -2.18. The largest absolute Gasteiger partial charge is 0.324 e. The number of amides is 1. The van der Waals surface area contributed by atoms with E-state index in [0.29, 0.717) is 5.69 Å². The van der Waals surface area contributed by atoms with E-state index < -0.39 is 10.7 Å². The molecule has 104 valence electrons. The molecule has 0 aliphatic rings. The molecule has 4 heteroatoms. The van der Waals surface area contributed by atoms with Crippen molar-refractivity contribution in [3.8, 4) is 11.1 Å². The second-order valence-corrected chi connectivity index (χ2v) is 5.52. The fourth-order valence-electron chi connectivity index (χ4n) is 1.91. The topological polar surface area (TPSA) is 29.1 Å². The first-order chi connectivity index (χ1) is 9.60. The van der Waals surface area contributed by atoms with Crippen molar-refractivity contribution in [1.82, 2.24) is 0 Å². The van der Waals surface area contributed by atoms with Crippen LogP contribution >= 0.6 is 23.2 Å². The zero-order valence-electron chi connectivity index (χ0n) is 11.1. The molecule has 0 saturated heterocycles. The van der Waals surface area contributed by atoms with Gasteiger partial charge in [0, 0.05) is 5.69 Å². The number of halogens is 2. The molecule has 0 unspecified atom stereocenters. The third kappa shape index (κ3) is 3.75. The summed E-state index contributed by atoms with van der Waals surface area (Å²) in [5, 5.41) is 2.67. The van der Waals surface area contributed by atoms with Gasteiger partial charge < -0.3 is 5.32 Å². The molecule has 1 amide bonds. The number of benzene rings is 2. The predicted molar refractivity (Wildman–Crippen MR) is 85.4 cm³/mol. The highest BCUT2D eigenvalue weighted by Gasteiger charge is 2.11. The fraction of sp³-hybridized carbons (Fsp3) is 0.188. The maximum atomic E-state index is 11.5. The third-order valence-electron chi connectivity index (χ3n) is 3.02. The summed E-state index contributed by atoms with van der Waals surface area (Å²) in [6, 6.07) is 15.9. The summed E-state index contributed by atoms with van der Waals surface area (Å²) in [5.41, 5.74) is 4.11. The van der Waals surface area contributed by atoms with Gasteiger partial charge in [-0.1, -0.05) is 66.5 Å². The van der Waals surface area contributed by atoms with E-state index in [0.717, 1.165) is 17.5 Å². The molecule has 2 rings (SSSR count). The van der Waals surface area contributed by atoms with E-state index in [1.54, 1.807) is 6.07 Å². The van der Waals surface area contributed by atoms with E-state index in [-0.39, 0.29) is 0 Å².